The molecule has 0 saturated carbocycles. The number of aromatic nitrogens is 2. The van der Waals surface area contributed by atoms with E-state index in [0.29, 0.717) is 9.89 Å². The summed E-state index contributed by atoms with van der Waals surface area (Å²) in [5.41, 5.74) is 6.36. The molecule has 0 radical (unpaired) electrons. The summed E-state index contributed by atoms with van der Waals surface area (Å²) in [6.45, 7) is 8.27. The van der Waals surface area contributed by atoms with E-state index in [9.17, 15) is 14.4 Å². The Kier molecular flexibility index (Phi) is 12.1. The van der Waals surface area contributed by atoms with Gasteiger partial charge >= 0.3 is 12.1 Å². The first kappa shape index (κ1) is 27.9. The third-order valence-electron chi connectivity index (χ3n) is 2.94. The van der Waals surface area contributed by atoms with Crippen molar-refractivity contribution < 1.29 is 23.9 Å². The molecule has 1 aromatic heterocycles. The lowest BCUT2D eigenvalue weighted by Gasteiger charge is -2.19. The first-order valence-corrected chi connectivity index (χ1v) is 13.6. The fourth-order valence-corrected chi connectivity index (χ4v) is 6.17. The Hall–Kier alpha value is -1.12. The van der Waals surface area contributed by atoms with Gasteiger partial charge in [0.25, 0.3) is 0 Å². The molecule has 170 valence electrons. The molecule has 0 bridgehead atoms. The van der Waals surface area contributed by atoms with E-state index in [2.05, 4.69) is 14.7 Å². The summed E-state index contributed by atoms with van der Waals surface area (Å²) in [4.78, 5) is 43.9. The van der Waals surface area contributed by atoms with Crippen LogP contribution in [0, 0.1) is 0 Å². The fraction of sp³-hybridized carbons (Fsp3) is 0.444. The maximum Gasteiger partial charge on any atom is 0.516 e. The quantitative estimate of drug-likeness (QED) is 0.168. The number of esters is 1. The summed E-state index contributed by atoms with van der Waals surface area (Å²) in [7, 11) is 4.83. The van der Waals surface area contributed by atoms with E-state index < -0.39 is 23.8 Å². The van der Waals surface area contributed by atoms with Crippen LogP contribution in [0.4, 0.5) is 4.79 Å². The van der Waals surface area contributed by atoms with Crippen LogP contribution in [0.25, 0.3) is 4.91 Å². The van der Waals surface area contributed by atoms with Crippen molar-refractivity contribution in [2.75, 3.05) is 5.75 Å². The van der Waals surface area contributed by atoms with Crippen LogP contribution >= 0.6 is 55.4 Å². The Morgan fingerprint density at radius 2 is 1.84 bits per heavy atom. The molecule has 0 aliphatic rings. The molecule has 8 nitrogen and oxygen atoms in total. The molecule has 1 aromatic rings. The summed E-state index contributed by atoms with van der Waals surface area (Å²) in [6.07, 6.45) is 3.62. The zero-order chi connectivity index (χ0) is 23.6. The molecule has 1 rings (SSSR count). The molecule has 13 heteroatoms. The zero-order valence-electron chi connectivity index (χ0n) is 17.6. The fourth-order valence-electron chi connectivity index (χ4n) is 1.63. The molecule has 1 atom stereocenters. The van der Waals surface area contributed by atoms with Gasteiger partial charge in [0.05, 0.1) is 21.0 Å². The van der Waals surface area contributed by atoms with Gasteiger partial charge in [-0.15, -0.1) is 0 Å². The van der Waals surface area contributed by atoms with Gasteiger partial charge in [-0.25, -0.2) is 9.59 Å². The predicted molar refractivity (Wildman–Crippen MR) is 133 cm³/mol. The van der Waals surface area contributed by atoms with Crippen LogP contribution < -0.4 is 5.73 Å². The first-order valence-electron chi connectivity index (χ1n) is 8.77. The number of rotatable bonds is 8. The highest BCUT2D eigenvalue weighted by Gasteiger charge is 2.24. The number of hydrogen-bond acceptors (Lipinski definition) is 13. The molecule has 0 aromatic carbocycles. The minimum absolute atomic E-state index is 0.0541. The summed E-state index contributed by atoms with van der Waals surface area (Å²) in [5, 5.41) is -0.0541. The zero-order valence-corrected chi connectivity index (χ0v) is 21.7. The molecular weight excluding hydrogens is 499 g/mol. The summed E-state index contributed by atoms with van der Waals surface area (Å²) in [5.74, 6) is -0.718. The van der Waals surface area contributed by atoms with Gasteiger partial charge in [-0.2, -0.15) is 0 Å². The molecular formula is C18H23N3O5S5. The van der Waals surface area contributed by atoms with Crippen LogP contribution in [-0.4, -0.2) is 48.8 Å². The molecule has 1 heterocycles. The van der Waals surface area contributed by atoms with Gasteiger partial charge in [-0.3, -0.25) is 14.8 Å². The average molecular weight is 522 g/mol. The van der Waals surface area contributed by atoms with E-state index in [0.717, 1.165) is 21.3 Å². The largest absolute Gasteiger partial charge is 0.516 e. The third-order valence-corrected chi connectivity index (χ3v) is 8.60. The first-order chi connectivity index (χ1) is 14.4. The van der Waals surface area contributed by atoms with Crippen molar-refractivity contribution in [3.8, 4) is 0 Å². The molecule has 0 amide bonds. The second-order valence-electron chi connectivity index (χ2n) is 6.85. The van der Waals surface area contributed by atoms with Crippen LogP contribution in [0.1, 0.15) is 40.3 Å². The second kappa shape index (κ2) is 13.4. The molecule has 0 fully saturated rings. The minimum Gasteiger partial charge on any atom is -0.428 e. The molecule has 2 N–H and O–H groups in total. The molecule has 0 aliphatic carbocycles. The van der Waals surface area contributed by atoms with Crippen molar-refractivity contribution in [3.05, 3.63) is 29.9 Å². The van der Waals surface area contributed by atoms with Crippen LogP contribution in [0.2, 0.25) is 0 Å². The second-order valence-corrected chi connectivity index (χ2v) is 12.2. The van der Waals surface area contributed by atoms with Gasteiger partial charge in [0, 0.05) is 25.1 Å². The van der Waals surface area contributed by atoms with Gasteiger partial charge in [0.15, 0.2) is 5.12 Å². The van der Waals surface area contributed by atoms with E-state index in [4.69, 9.17) is 22.7 Å². The number of carbonyl (C=O) groups excluding carboxylic acids is 3. The number of nitrogens with zero attached hydrogens (tertiary/aromatic N) is 2. The Balaban J connectivity index is 2.68. The van der Waals surface area contributed by atoms with Crippen molar-refractivity contribution in [1.82, 2.24) is 9.97 Å². The number of ether oxygens (including phenoxy) is 2. The van der Waals surface area contributed by atoms with Crippen molar-refractivity contribution >= 4 is 81.7 Å². The number of nitrogens with two attached hydrogens (primary N) is 1. The molecule has 31 heavy (non-hydrogen) atoms. The van der Waals surface area contributed by atoms with E-state index >= 15 is 0 Å². The SMILES string of the molecule is CC(=O)SS/C(=C(/C)C(=S)SSCC(N)C(=O)OC(=O)OC(C)(C)C)c1cnccn1. The maximum absolute atomic E-state index is 11.9. The monoisotopic (exact) mass is 521 g/mol. The average Bonchev–Trinajstić information content (AvgIpc) is 2.66. The van der Waals surface area contributed by atoms with Crippen LogP contribution in [0.3, 0.4) is 0 Å². The Morgan fingerprint density at radius 1 is 1.16 bits per heavy atom. The molecule has 1 unspecified atom stereocenters. The van der Waals surface area contributed by atoms with E-state index in [1.165, 1.54) is 39.3 Å². The highest BCUT2D eigenvalue weighted by molar-refractivity contribution is 8.85. The topological polar surface area (TPSA) is 121 Å². The van der Waals surface area contributed by atoms with E-state index in [1.807, 2.05) is 6.92 Å². The molecule has 0 aliphatic heterocycles. The van der Waals surface area contributed by atoms with Crippen molar-refractivity contribution in [2.45, 2.75) is 46.3 Å². The van der Waals surface area contributed by atoms with Crippen LogP contribution in [-0.2, 0) is 19.1 Å². The normalized spacial score (nSPS) is 13.1. The highest BCUT2D eigenvalue weighted by Crippen LogP contribution is 2.41. The lowest BCUT2D eigenvalue weighted by Crippen LogP contribution is -2.37. The van der Waals surface area contributed by atoms with E-state index in [1.54, 1.807) is 39.4 Å². The van der Waals surface area contributed by atoms with Gasteiger partial charge in [0.1, 0.15) is 11.6 Å². The number of carbonyl (C=O) groups is 3. The smallest absolute Gasteiger partial charge is 0.428 e. The minimum atomic E-state index is -1.09. The number of thiocarbonyl (C=S) groups is 1. The van der Waals surface area contributed by atoms with Gasteiger partial charge < -0.3 is 15.2 Å². The Morgan fingerprint density at radius 3 is 2.39 bits per heavy atom. The summed E-state index contributed by atoms with van der Waals surface area (Å²) >= 11 is 5.48. The lowest BCUT2D eigenvalue weighted by atomic mass is 10.2. The number of hydrogen-bond donors (Lipinski definition) is 1. The van der Waals surface area contributed by atoms with Crippen molar-refractivity contribution in [2.24, 2.45) is 5.73 Å². The van der Waals surface area contributed by atoms with Gasteiger partial charge in [-0.1, -0.05) is 23.0 Å². The standard InChI is InChI=1S/C18H23N3O5S5/c1-10(14(30-29-11(2)22)13-8-20-6-7-21-13)16(27)31-28-9-12(19)15(23)25-17(24)26-18(3,4)5/h6-8,12H,9,19H2,1-5H3/b14-10-. The molecule has 0 spiro atoms. The lowest BCUT2D eigenvalue weighted by molar-refractivity contribution is -0.142. The van der Waals surface area contributed by atoms with Crippen molar-refractivity contribution in [1.29, 1.82) is 0 Å². The predicted octanol–water partition coefficient (Wildman–Crippen LogP) is 4.65. The Labute approximate surface area is 202 Å². The van der Waals surface area contributed by atoms with Gasteiger partial charge in [0.2, 0.25) is 0 Å². The Bertz CT molecular complexity index is 843. The molecule has 0 saturated heterocycles. The van der Waals surface area contributed by atoms with Crippen LogP contribution in [0.5, 0.6) is 0 Å². The van der Waals surface area contributed by atoms with Crippen molar-refractivity contribution in [3.63, 3.8) is 0 Å². The van der Waals surface area contributed by atoms with Crippen LogP contribution in [0.15, 0.2) is 24.2 Å². The summed E-state index contributed by atoms with van der Waals surface area (Å²) < 4.78 is 10.1. The summed E-state index contributed by atoms with van der Waals surface area (Å²) in [6, 6.07) is -1.03. The van der Waals surface area contributed by atoms with Gasteiger partial charge in [-0.05, 0) is 65.6 Å². The third kappa shape index (κ3) is 11.3. The van der Waals surface area contributed by atoms with E-state index in [-0.39, 0.29) is 10.9 Å². The maximum atomic E-state index is 11.9. The highest BCUT2D eigenvalue weighted by atomic mass is 33.1.